The molecule has 0 N–H and O–H groups in total. The van der Waals surface area contributed by atoms with Gasteiger partial charge in [0.05, 0.1) is 0 Å². The fraction of sp³-hybridized carbons (Fsp3) is 0.632. The third-order valence-electron chi connectivity index (χ3n) is 4.41. The highest BCUT2D eigenvalue weighted by molar-refractivity contribution is 5.96. The molecule has 5 heteroatoms. The minimum atomic E-state index is -0.0830. The van der Waals surface area contributed by atoms with Gasteiger partial charge in [-0.05, 0) is 43.7 Å². The summed E-state index contributed by atoms with van der Waals surface area (Å²) >= 11 is 0. The van der Waals surface area contributed by atoms with Gasteiger partial charge in [-0.25, -0.2) is 4.98 Å². The van der Waals surface area contributed by atoms with Crippen molar-refractivity contribution in [3.63, 3.8) is 0 Å². The highest BCUT2D eigenvalue weighted by atomic mass is 16.2. The fourth-order valence-corrected chi connectivity index (χ4v) is 3.23. The van der Waals surface area contributed by atoms with Crippen LogP contribution in [0.5, 0.6) is 0 Å². The topological polar surface area (TPSA) is 53.5 Å². The van der Waals surface area contributed by atoms with Gasteiger partial charge in [0.1, 0.15) is 11.4 Å². The number of nitrogens with zero attached hydrogens (tertiary/aromatic N) is 3. The lowest BCUT2D eigenvalue weighted by molar-refractivity contribution is 0.0676. The van der Waals surface area contributed by atoms with Crippen LogP contribution in [0.1, 0.15) is 67.4 Å². The predicted molar refractivity (Wildman–Crippen MR) is 95.0 cm³/mol. The summed E-state index contributed by atoms with van der Waals surface area (Å²) in [6, 6.07) is 5.18. The highest BCUT2D eigenvalue weighted by Gasteiger charge is 2.24. The smallest absolute Gasteiger partial charge is 0.272 e. The Labute approximate surface area is 145 Å². The summed E-state index contributed by atoms with van der Waals surface area (Å²) in [7, 11) is 0. The Morgan fingerprint density at radius 3 is 2.50 bits per heavy atom. The van der Waals surface area contributed by atoms with E-state index in [9.17, 15) is 9.59 Å². The van der Waals surface area contributed by atoms with E-state index < -0.39 is 0 Å². The number of carbonyl (C=O) groups excluding carboxylic acids is 2. The average molecular weight is 331 g/mol. The largest absolute Gasteiger partial charge is 0.337 e. The van der Waals surface area contributed by atoms with Crippen molar-refractivity contribution in [2.75, 3.05) is 26.2 Å². The maximum absolute atomic E-state index is 12.7. The van der Waals surface area contributed by atoms with Crippen LogP contribution < -0.4 is 0 Å². The molecule has 1 aromatic rings. The summed E-state index contributed by atoms with van der Waals surface area (Å²) in [5.74, 6) is 0.381. The maximum Gasteiger partial charge on any atom is 0.272 e. The zero-order chi connectivity index (χ0) is 17.5. The first-order chi connectivity index (χ1) is 11.6. The number of amides is 2. The third-order valence-corrected chi connectivity index (χ3v) is 4.41. The summed E-state index contributed by atoms with van der Waals surface area (Å²) in [6.45, 7) is 9.27. The Morgan fingerprint density at radius 1 is 1.21 bits per heavy atom. The molecular formula is C19H29N3O2. The third kappa shape index (κ3) is 4.56. The molecule has 1 aromatic heterocycles. The molecule has 0 aliphatic carbocycles. The van der Waals surface area contributed by atoms with Crippen molar-refractivity contribution >= 4 is 11.8 Å². The van der Waals surface area contributed by atoms with Crippen LogP contribution in [-0.4, -0.2) is 52.8 Å². The molecule has 0 spiro atoms. The summed E-state index contributed by atoms with van der Waals surface area (Å²) < 4.78 is 0. The zero-order valence-electron chi connectivity index (χ0n) is 15.1. The number of hydrogen-bond acceptors (Lipinski definition) is 3. The molecule has 1 fully saturated rings. The molecule has 2 heterocycles. The molecule has 0 aromatic carbocycles. The first-order valence-corrected chi connectivity index (χ1v) is 9.12. The molecule has 0 bridgehead atoms. The van der Waals surface area contributed by atoms with Gasteiger partial charge < -0.3 is 9.80 Å². The van der Waals surface area contributed by atoms with E-state index in [1.165, 1.54) is 6.42 Å². The molecule has 5 nitrogen and oxygen atoms in total. The summed E-state index contributed by atoms with van der Waals surface area (Å²) in [5.41, 5.74) is 0.746. The molecule has 2 amide bonds. The van der Waals surface area contributed by atoms with E-state index in [0.717, 1.165) is 45.4 Å². The first kappa shape index (κ1) is 18.4. The summed E-state index contributed by atoms with van der Waals surface area (Å²) in [4.78, 5) is 33.4. The van der Waals surface area contributed by atoms with Gasteiger partial charge in [-0.1, -0.05) is 26.8 Å². The van der Waals surface area contributed by atoms with Crippen molar-refractivity contribution in [1.82, 2.24) is 14.8 Å². The lowest BCUT2D eigenvalue weighted by atomic mass is 10.00. The predicted octanol–water partition coefficient (Wildman–Crippen LogP) is 3.22. The van der Waals surface area contributed by atoms with Crippen LogP contribution in [0.2, 0.25) is 0 Å². The van der Waals surface area contributed by atoms with Crippen molar-refractivity contribution in [2.24, 2.45) is 5.92 Å². The Balaban J connectivity index is 2.15. The van der Waals surface area contributed by atoms with Crippen LogP contribution in [0, 0.1) is 5.92 Å². The molecule has 1 aliphatic heterocycles. The van der Waals surface area contributed by atoms with Gasteiger partial charge in [-0.15, -0.1) is 0 Å². The molecule has 132 valence electrons. The number of rotatable bonds is 6. The van der Waals surface area contributed by atoms with Gasteiger partial charge in [0, 0.05) is 26.2 Å². The van der Waals surface area contributed by atoms with Crippen LogP contribution in [0.15, 0.2) is 18.2 Å². The Morgan fingerprint density at radius 2 is 1.88 bits per heavy atom. The maximum atomic E-state index is 12.7. The SMILES string of the molecule is CCCN(CCC)C(=O)c1cccc(C(=O)N2CCCC(C)C2)n1. The van der Waals surface area contributed by atoms with E-state index in [0.29, 0.717) is 17.3 Å². The number of aromatic nitrogens is 1. The molecular weight excluding hydrogens is 302 g/mol. The van der Waals surface area contributed by atoms with Crippen LogP contribution in [0.25, 0.3) is 0 Å². The van der Waals surface area contributed by atoms with E-state index in [1.807, 2.05) is 9.80 Å². The Hall–Kier alpha value is -1.91. The molecule has 1 aliphatic rings. The van der Waals surface area contributed by atoms with E-state index in [-0.39, 0.29) is 11.8 Å². The normalized spacial score (nSPS) is 17.6. The second-order valence-electron chi connectivity index (χ2n) is 6.70. The van der Waals surface area contributed by atoms with Crippen LogP contribution in [0.3, 0.4) is 0 Å². The second-order valence-corrected chi connectivity index (χ2v) is 6.70. The minimum absolute atomic E-state index is 0.0614. The first-order valence-electron chi connectivity index (χ1n) is 9.12. The highest BCUT2D eigenvalue weighted by Crippen LogP contribution is 2.17. The monoisotopic (exact) mass is 331 g/mol. The van der Waals surface area contributed by atoms with Crippen molar-refractivity contribution in [1.29, 1.82) is 0 Å². The summed E-state index contributed by atoms with van der Waals surface area (Å²) in [6.07, 6.45) is 4.02. The fourth-order valence-electron chi connectivity index (χ4n) is 3.23. The minimum Gasteiger partial charge on any atom is -0.337 e. The van der Waals surface area contributed by atoms with Gasteiger partial charge in [-0.2, -0.15) is 0 Å². The van der Waals surface area contributed by atoms with Crippen LogP contribution in [0.4, 0.5) is 0 Å². The van der Waals surface area contributed by atoms with E-state index >= 15 is 0 Å². The van der Waals surface area contributed by atoms with Crippen molar-refractivity contribution in [3.8, 4) is 0 Å². The molecule has 1 unspecified atom stereocenters. The number of carbonyl (C=O) groups is 2. The Kier molecular flexibility index (Phi) is 6.76. The van der Waals surface area contributed by atoms with Crippen molar-refractivity contribution < 1.29 is 9.59 Å². The zero-order valence-corrected chi connectivity index (χ0v) is 15.1. The lowest BCUT2D eigenvalue weighted by Crippen LogP contribution is -2.39. The standard InChI is InChI=1S/C19H29N3O2/c1-4-11-21(12-5-2)18(23)16-9-6-10-17(20-16)19(24)22-13-7-8-15(3)14-22/h6,9-10,15H,4-5,7-8,11-14H2,1-3H3. The van der Waals surface area contributed by atoms with Gasteiger partial charge in [0.2, 0.25) is 0 Å². The Bertz CT molecular complexity index is 535. The molecule has 1 atom stereocenters. The van der Waals surface area contributed by atoms with Gasteiger partial charge in [0.15, 0.2) is 0 Å². The number of likely N-dealkylation sites (tertiary alicyclic amines) is 1. The molecule has 2 rings (SSSR count). The van der Waals surface area contributed by atoms with Crippen molar-refractivity contribution in [2.45, 2.75) is 46.5 Å². The average Bonchev–Trinajstić information content (AvgIpc) is 2.60. The number of pyridine rings is 1. The quantitative estimate of drug-likeness (QED) is 0.804. The van der Waals surface area contributed by atoms with E-state index in [2.05, 4.69) is 25.8 Å². The summed E-state index contributed by atoms with van der Waals surface area (Å²) in [5, 5.41) is 0. The van der Waals surface area contributed by atoms with E-state index in [4.69, 9.17) is 0 Å². The molecule has 1 saturated heterocycles. The number of piperidine rings is 1. The van der Waals surface area contributed by atoms with Crippen LogP contribution >= 0.6 is 0 Å². The molecule has 0 saturated carbocycles. The van der Waals surface area contributed by atoms with Gasteiger partial charge >= 0.3 is 0 Å². The second kappa shape index (κ2) is 8.81. The molecule has 24 heavy (non-hydrogen) atoms. The number of hydrogen-bond donors (Lipinski definition) is 0. The van der Waals surface area contributed by atoms with E-state index in [1.54, 1.807) is 18.2 Å². The van der Waals surface area contributed by atoms with Gasteiger partial charge in [0.25, 0.3) is 11.8 Å². The van der Waals surface area contributed by atoms with Crippen molar-refractivity contribution in [3.05, 3.63) is 29.6 Å². The van der Waals surface area contributed by atoms with Gasteiger partial charge in [-0.3, -0.25) is 9.59 Å². The van der Waals surface area contributed by atoms with Crippen LogP contribution in [-0.2, 0) is 0 Å². The lowest BCUT2D eigenvalue weighted by Gasteiger charge is -2.30. The molecule has 0 radical (unpaired) electrons.